The van der Waals surface area contributed by atoms with Crippen LogP contribution in [-0.2, 0) is 19.7 Å². The maximum atomic E-state index is 12.7. The number of carbonyl (C=O) groups excluding carboxylic acids is 1. The van der Waals surface area contributed by atoms with Crippen LogP contribution in [-0.4, -0.2) is 37.3 Å². The van der Waals surface area contributed by atoms with Crippen molar-refractivity contribution < 1.29 is 28.2 Å². The molecule has 0 saturated carbocycles. The minimum absolute atomic E-state index is 0.157. The third-order valence-electron chi connectivity index (χ3n) is 5.81. The number of amides is 1. The van der Waals surface area contributed by atoms with Crippen molar-refractivity contribution in [2.24, 2.45) is 0 Å². The number of furan rings is 1. The van der Waals surface area contributed by atoms with E-state index in [1.54, 1.807) is 6.07 Å². The van der Waals surface area contributed by atoms with Crippen LogP contribution in [0.3, 0.4) is 0 Å². The summed E-state index contributed by atoms with van der Waals surface area (Å²) in [5, 5.41) is 4.30. The molecule has 1 N–H and O–H groups in total. The third-order valence-corrected chi connectivity index (χ3v) is 6.10. The molecule has 7 nitrogen and oxygen atoms in total. The summed E-state index contributed by atoms with van der Waals surface area (Å²) in [5.74, 6) is 6.71. The zero-order valence-electron chi connectivity index (χ0n) is 22.7. The minimum atomic E-state index is -1.05. The molecule has 0 unspecified atom stereocenters. The summed E-state index contributed by atoms with van der Waals surface area (Å²) < 4.78 is 29.1. The molecule has 2 aromatic carbocycles. The van der Waals surface area contributed by atoms with E-state index in [0.29, 0.717) is 28.7 Å². The first kappa shape index (κ1) is 27.8. The van der Waals surface area contributed by atoms with Crippen LogP contribution in [0.5, 0.6) is 5.75 Å². The van der Waals surface area contributed by atoms with Crippen LogP contribution in [0.4, 0.5) is 4.79 Å². The third kappa shape index (κ3) is 6.82. The highest BCUT2D eigenvalue weighted by molar-refractivity contribution is 6.32. The summed E-state index contributed by atoms with van der Waals surface area (Å²) in [6, 6.07) is 13.1. The van der Waals surface area contributed by atoms with E-state index in [1.165, 1.54) is 0 Å². The quantitative estimate of drug-likeness (QED) is 0.360. The molecule has 1 aliphatic heterocycles. The number of hydrogen-bond donors (Lipinski definition) is 1. The fraction of sp³-hybridized carbons (Fsp3) is 0.433. The average molecular weight is 540 g/mol. The van der Waals surface area contributed by atoms with Gasteiger partial charge in [-0.05, 0) is 83.5 Å². The minimum Gasteiger partial charge on any atom is -0.492 e. The molecule has 1 amide bonds. The van der Waals surface area contributed by atoms with E-state index in [-0.39, 0.29) is 13.2 Å². The molecule has 202 valence electrons. The molecular weight excluding hydrogens is 506 g/mol. The zero-order chi connectivity index (χ0) is 27.6. The van der Waals surface area contributed by atoms with Gasteiger partial charge < -0.3 is 28.7 Å². The standard InChI is InChI=1S/C30H34ClNO6/c1-7-14-34-25-13-11-21(16-23(25)31)9-8-20-10-12-24-22(15-20)17-26(37-24)30(18-35-29(5,6)36-19-30)32-27(33)38-28(2,3)4/h10-13,15-17H,7,14,18-19H2,1-6H3,(H,32,33). The summed E-state index contributed by atoms with van der Waals surface area (Å²) in [5.41, 5.74) is 0.530. The van der Waals surface area contributed by atoms with Crippen LogP contribution in [0, 0.1) is 11.8 Å². The molecule has 4 rings (SSSR count). The predicted octanol–water partition coefficient (Wildman–Crippen LogP) is 6.78. The van der Waals surface area contributed by atoms with Crippen LogP contribution in [0.25, 0.3) is 11.0 Å². The largest absolute Gasteiger partial charge is 0.492 e. The molecule has 0 atom stereocenters. The van der Waals surface area contributed by atoms with Gasteiger partial charge in [-0.15, -0.1) is 0 Å². The van der Waals surface area contributed by atoms with Crippen molar-refractivity contribution >= 4 is 28.7 Å². The fourth-order valence-corrected chi connectivity index (χ4v) is 4.10. The van der Waals surface area contributed by atoms with Crippen LogP contribution < -0.4 is 10.1 Å². The van der Waals surface area contributed by atoms with Gasteiger partial charge in [0.25, 0.3) is 0 Å². The Labute approximate surface area is 228 Å². The van der Waals surface area contributed by atoms with Gasteiger partial charge in [-0.3, -0.25) is 0 Å². The Morgan fingerprint density at radius 2 is 1.71 bits per heavy atom. The Morgan fingerprint density at radius 1 is 1.05 bits per heavy atom. The number of halogens is 1. The van der Waals surface area contributed by atoms with Crippen molar-refractivity contribution in [3.8, 4) is 17.6 Å². The lowest BCUT2D eigenvalue weighted by molar-refractivity contribution is -0.274. The molecule has 38 heavy (non-hydrogen) atoms. The Hall–Kier alpha value is -3.18. The Kier molecular flexibility index (Phi) is 7.98. The summed E-state index contributed by atoms with van der Waals surface area (Å²) in [4.78, 5) is 12.7. The van der Waals surface area contributed by atoms with Gasteiger partial charge in [0.15, 0.2) is 5.79 Å². The normalized spacial score (nSPS) is 16.4. The predicted molar refractivity (Wildman–Crippen MR) is 146 cm³/mol. The van der Waals surface area contributed by atoms with E-state index < -0.39 is 23.0 Å². The van der Waals surface area contributed by atoms with E-state index >= 15 is 0 Å². The van der Waals surface area contributed by atoms with Gasteiger partial charge in [0.05, 0.1) is 24.8 Å². The molecule has 0 bridgehead atoms. The molecule has 1 aromatic heterocycles. The zero-order valence-corrected chi connectivity index (χ0v) is 23.5. The van der Waals surface area contributed by atoms with E-state index in [0.717, 1.165) is 22.9 Å². The smallest absolute Gasteiger partial charge is 0.408 e. The van der Waals surface area contributed by atoms with E-state index in [4.69, 9.17) is 35.0 Å². The van der Waals surface area contributed by atoms with E-state index in [2.05, 4.69) is 17.2 Å². The Balaban J connectivity index is 1.60. The number of rotatable bonds is 5. The monoisotopic (exact) mass is 539 g/mol. The highest BCUT2D eigenvalue weighted by atomic mass is 35.5. The number of nitrogens with one attached hydrogen (secondary N) is 1. The average Bonchev–Trinajstić information content (AvgIpc) is 3.27. The maximum absolute atomic E-state index is 12.7. The van der Waals surface area contributed by atoms with Crippen molar-refractivity contribution in [2.75, 3.05) is 19.8 Å². The van der Waals surface area contributed by atoms with Crippen molar-refractivity contribution in [2.45, 2.75) is 64.9 Å². The SMILES string of the molecule is CCCOc1ccc(C#Cc2ccc3oc(C4(NC(=O)OC(C)(C)C)COC(C)(C)OC4)cc3c2)cc1Cl. The van der Waals surface area contributed by atoms with Crippen molar-refractivity contribution in [3.63, 3.8) is 0 Å². The van der Waals surface area contributed by atoms with Gasteiger partial charge >= 0.3 is 6.09 Å². The molecule has 3 aromatic rings. The van der Waals surface area contributed by atoms with Crippen molar-refractivity contribution in [1.82, 2.24) is 5.32 Å². The molecule has 1 aliphatic rings. The molecule has 2 heterocycles. The maximum Gasteiger partial charge on any atom is 0.408 e. The van der Waals surface area contributed by atoms with E-state index in [1.807, 2.05) is 77.9 Å². The molecule has 8 heteroatoms. The number of alkyl carbamates (subject to hydrolysis) is 1. The lowest BCUT2D eigenvalue weighted by atomic mass is 9.96. The summed E-state index contributed by atoms with van der Waals surface area (Å²) >= 11 is 6.34. The topological polar surface area (TPSA) is 79.2 Å². The molecule has 1 saturated heterocycles. The van der Waals surface area contributed by atoms with Crippen LogP contribution in [0.2, 0.25) is 5.02 Å². The summed E-state index contributed by atoms with van der Waals surface area (Å²) in [6.07, 6.45) is 0.327. The molecule has 0 radical (unpaired) electrons. The number of fused-ring (bicyclic) bond motifs is 1. The highest BCUT2D eigenvalue weighted by Crippen LogP contribution is 2.35. The first-order chi connectivity index (χ1) is 17.9. The van der Waals surface area contributed by atoms with Gasteiger partial charge in [0, 0.05) is 16.5 Å². The van der Waals surface area contributed by atoms with Crippen LogP contribution in [0.15, 0.2) is 46.9 Å². The number of ether oxygens (including phenoxy) is 4. The van der Waals surface area contributed by atoms with E-state index in [9.17, 15) is 4.79 Å². The van der Waals surface area contributed by atoms with Gasteiger partial charge in [-0.1, -0.05) is 30.4 Å². The molecule has 0 aliphatic carbocycles. The number of carbonyl (C=O) groups is 1. The van der Waals surface area contributed by atoms with Crippen LogP contribution in [0.1, 0.15) is 64.9 Å². The highest BCUT2D eigenvalue weighted by Gasteiger charge is 2.46. The fourth-order valence-electron chi connectivity index (χ4n) is 3.86. The Morgan fingerprint density at radius 3 is 2.34 bits per heavy atom. The second-order valence-corrected chi connectivity index (χ2v) is 11.2. The molecular formula is C30H34ClNO6. The van der Waals surface area contributed by atoms with Crippen molar-refractivity contribution in [3.05, 3.63) is 64.4 Å². The summed E-state index contributed by atoms with van der Waals surface area (Å²) in [7, 11) is 0. The second-order valence-electron chi connectivity index (χ2n) is 10.8. The van der Waals surface area contributed by atoms with Gasteiger partial charge in [0.1, 0.15) is 28.2 Å². The van der Waals surface area contributed by atoms with Crippen LogP contribution >= 0.6 is 11.6 Å². The summed E-state index contributed by atoms with van der Waals surface area (Å²) in [6.45, 7) is 12.0. The van der Waals surface area contributed by atoms with Crippen molar-refractivity contribution in [1.29, 1.82) is 0 Å². The Bertz CT molecular complexity index is 1360. The number of hydrogen-bond acceptors (Lipinski definition) is 6. The van der Waals surface area contributed by atoms with Gasteiger partial charge in [-0.2, -0.15) is 0 Å². The molecule has 0 spiro atoms. The second kappa shape index (κ2) is 10.9. The number of benzene rings is 2. The first-order valence-corrected chi connectivity index (χ1v) is 13.0. The lowest BCUT2D eigenvalue weighted by Crippen LogP contribution is -2.59. The molecule has 1 fully saturated rings. The lowest BCUT2D eigenvalue weighted by Gasteiger charge is -2.42. The van der Waals surface area contributed by atoms with Gasteiger partial charge in [-0.25, -0.2) is 4.79 Å². The van der Waals surface area contributed by atoms with Gasteiger partial charge in [0.2, 0.25) is 0 Å². The first-order valence-electron chi connectivity index (χ1n) is 12.7.